The summed E-state index contributed by atoms with van der Waals surface area (Å²) in [4.78, 5) is 19.8. The van der Waals surface area contributed by atoms with Gasteiger partial charge in [0.25, 0.3) is 5.56 Å². The van der Waals surface area contributed by atoms with Gasteiger partial charge in [-0.15, -0.1) is 0 Å². The number of thiocarbonyl (C=S) groups is 1. The molecule has 152 valence electrons. The smallest absolute Gasteiger partial charge is 0.253 e. The fraction of sp³-hybridized carbons (Fsp3) is 0.304. The van der Waals surface area contributed by atoms with Crippen LogP contribution in [-0.4, -0.2) is 47.1 Å². The third-order valence-electron chi connectivity index (χ3n) is 4.83. The molecule has 0 saturated heterocycles. The molecule has 0 aliphatic rings. The van der Waals surface area contributed by atoms with Gasteiger partial charge in [0.05, 0.1) is 6.54 Å². The van der Waals surface area contributed by atoms with Gasteiger partial charge in [0.1, 0.15) is 0 Å². The van der Waals surface area contributed by atoms with Gasteiger partial charge in [0.15, 0.2) is 5.11 Å². The van der Waals surface area contributed by atoms with Gasteiger partial charge in [0, 0.05) is 30.7 Å². The average molecular weight is 409 g/mol. The average Bonchev–Trinajstić information content (AvgIpc) is 2.70. The number of likely N-dealkylation sites (N-methyl/N-ethyl adjacent to an activating group) is 1. The minimum absolute atomic E-state index is 0.0659. The highest BCUT2D eigenvalue weighted by Gasteiger charge is 2.14. The first-order valence-corrected chi connectivity index (χ1v) is 10.2. The molecule has 3 aromatic rings. The number of aryl methyl sites for hydroxylation is 1. The van der Waals surface area contributed by atoms with Gasteiger partial charge >= 0.3 is 0 Å². The fourth-order valence-electron chi connectivity index (χ4n) is 3.14. The second kappa shape index (κ2) is 9.67. The van der Waals surface area contributed by atoms with E-state index in [1.165, 1.54) is 5.56 Å². The maximum absolute atomic E-state index is 12.7. The zero-order chi connectivity index (χ0) is 20.8. The number of aromatic amines is 1. The molecule has 0 amide bonds. The van der Waals surface area contributed by atoms with Crippen molar-refractivity contribution in [1.82, 2.24) is 20.1 Å². The van der Waals surface area contributed by atoms with E-state index in [0.717, 1.165) is 29.6 Å². The summed E-state index contributed by atoms with van der Waals surface area (Å²) in [5, 5.41) is 5.01. The molecular formula is C23H28N4OS. The third kappa shape index (κ3) is 5.89. The summed E-state index contributed by atoms with van der Waals surface area (Å²) in [6, 6.07) is 18.2. The van der Waals surface area contributed by atoms with Crippen LogP contribution in [0.25, 0.3) is 10.9 Å². The highest BCUT2D eigenvalue weighted by molar-refractivity contribution is 7.80. The van der Waals surface area contributed by atoms with E-state index in [1.54, 1.807) is 0 Å². The maximum Gasteiger partial charge on any atom is 0.253 e. The van der Waals surface area contributed by atoms with E-state index in [2.05, 4.69) is 38.3 Å². The normalized spacial score (nSPS) is 11.0. The van der Waals surface area contributed by atoms with Crippen molar-refractivity contribution < 1.29 is 0 Å². The van der Waals surface area contributed by atoms with Crippen LogP contribution in [0.4, 0.5) is 0 Å². The van der Waals surface area contributed by atoms with Crippen LogP contribution in [0.1, 0.15) is 16.7 Å². The Labute approximate surface area is 177 Å². The summed E-state index contributed by atoms with van der Waals surface area (Å²) in [5.41, 5.74) is 3.80. The predicted molar refractivity (Wildman–Crippen MR) is 124 cm³/mol. The number of nitrogens with zero attached hydrogens (tertiary/aromatic N) is 2. The maximum atomic E-state index is 12.7. The van der Waals surface area contributed by atoms with Crippen molar-refractivity contribution in [3.05, 3.63) is 81.6 Å². The standard InChI is InChI=1S/C23H28N4OS/c1-17-9-10-19-14-20(22(28)25-21(19)13-17)16-27(12-11-26(2)3)23(29)24-15-18-7-5-4-6-8-18/h4-10,13-14H,11-12,15-16H2,1-3H3,(H,24,29)(H,25,28). The number of hydrogen-bond acceptors (Lipinski definition) is 3. The molecule has 0 aliphatic carbocycles. The number of benzene rings is 2. The van der Waals surface area contributed by atoms with Crippen molar-refractivity contribution >= 4 is 28.2 Å². The Morgan fingerprint density at radius 3 is 2.55 bits per heavy atom. The van der Waals surface area contributed by atoms with Crippen molar-refractivity contribution in [3.8, 4) is 0 Å². The largest absolute Gasteiger partial charge is 0.358 e. The van der Waals surface area contributed by atoms with Crippen LogP contribution in [0.15, 0.2) is 59.4 Å². The molecule has 0 saturated carbocycles. The molecule has 2 aromatic carbocycles. The zero-order valence-electron chi connectivity index (χ0n) is 17.2. The van der Waals surface area contributed by atoms with Crippen molar-refractivity contribution in [2.75, 3.05) is 27.2 Å². The van der Waals surface area contributed by atoms with Gasteiger partial charge in [0.2, 0.25) is 0 Å². The molecule has 3 rings (SSSR count). The highest BCUT2D eigenvalue weighted by Crippen LogP contribution is 2.14. The number of hydrogen-bond donors (Lipinski definition) is 2. The summed E-state index contributed by atoms with van der Waals surface area (Å²) in [6.45, 7) is 4.72. The van der Waals surface area contributed by atoms with Gasteiger partial charge in [-0.05, 0) is 61.9 Å². The Morgan fingerprint density at radius 2 is 1.83 bits per heavy atom. The first-order chi connectivity index (χ1) is 13.9. The molecule has 0 fully saturated rings. The van der Waals surface area contributed by atoms with Crippen LogP contribution in [0, 0.1) is 6.92 Å². The van der Waals surface area contributed by atoms with E-state index in [0.29, 0.717) is 23.8 Å². The number of nitrogens with one attached hydrogen (secondary N) is 2. The molecular weight excluding hydrogens is 380 g/mol. The van der Waals surface area contributed by atoms with Crippen molar-refractivity contribution in [2.24, 2.45) is 0 Å². The summed E-state index contributed by atoms with van der Waals surface area (Å²) < 4.78 is 0. The van der Waals surface area contributed by atoms with Crippen LogP contribution >= 0.6 is 12.2 Å². The molecule has 0 radical (unpaired) electrons. The Kier molecular flexibility index (Phi) is 7.01. The van der Waals surface area contributed by atoms with Crippen molar-refractivity contribution in [2.45, 2.75) is 20.0 Å². The monoisotopic (exact) mass is 408 g/mol. The van der Waals surface area contributed by atoms with Gasteiger partial charge < -0.3 is 20.1 Å². The van der Waals surface area contributed by atoms with Gasteiger partial charge in [-0.1, -0.05) is 42.5 Å². The van der Waals surface area contributed by atoms with E-state index in [-0.39, 0.29) is 5.56 Å². The van der Waals surface area contributed by atoms with Crippen molar-refractivity contribution in [3.63, 3.8) is 0 Å². The number of aromatic nitrogens is 1. The lowest BCUT2D eigenvalue weighted by Crippen LogP contribution is -2.43. The molecule has 0 atom stereocenters. The lowest BCUT2D eigenvalue weighted by atomic mass is 10.1. The minimum atomic E-state index is -0.0659. The summed E-state index contributed by atoms with van der Waals surface area (Å²) >= 11 is 5.67. The zero-order valence-corrected chi connectivity index (χ0v) is 18.1. The number of H-pyrrole nitrogens is 1. The first-order valence-electron chi connectivity index (χ1n) is 9.76. The van der Waals surface area contributed by atoms with E-state index < -0.39 is 0 Å². The third-order valence-corrected chi connectivity index (χ3v) is 5.23. The van der Waals surface area contributed by atoms with Crippen LogP contribution in [0.3, 0.4) is 0 Å². The number of pyridine rings is 1. The van der Waals surface area contributed by atoms with Crippen LogP contribution in [0.5, 0.6) is 0 Å². The van der Waals surface area contributed by atoms with E-state index in [4.69, 9.17) is 12.2 Å². The van der Waals surface area contributed by atoms with Gasteiger partial charge in [-0.3, -0.25) is 4.79 Å². The minimum Gasteiger partial charge on any atom is -0.358 e. The Morgan fingerprint density at radius 1 is 1.07 bits per heavy atom. The summed E-state index contributed by atoms with van der Waals surface area (Å²) in [6.07, 6.45) is 0. The summed E-state index contributed by atoms with van der Waals surface area (Å²) in [5.74, 6) is 0. The quantitative estimate of drug-likeness (QED) is 0.588. The molecule has 0 spiro atoms. The Hall–Kier alpha value is -2.70. The van der Waals surface area contributed by atoms with Crippen molar-refractivity contribution in [1.29, 1.82) is 0 Å². The predicted octanol–water partition coefficient (Wildman–Crippen LogP) is 3.27. The molecule has 0 unspecified atom stereocenters. The second-order valence-electron chi connectivity index (χ2n) is 7.58. The van der Waals surface area contributed by atoms with Crippen LogP contribution in [0.2, 0.25) is 0 Å². The molecule has 2 N–H and O–H groups in total. The Bertz CT molecular complexity index is 1030. The molecule has 1 heterocycles. The van der Waals surface area contributed by atoms with E-state index >= 15 is 0 Å². The molecule has 0 bridgehead atoms. The van der Waals surface area contributed by atoms with Crippen LogP contribution in [-0.2, 0) is 13.1 Å². The highest BCUT2D eigenvalue weighted by atomic mass is 32.1. The lowest BCUT2D eigenvalue weighted by Gasteiger charge is -2.27. The summed E-state index contributed by atoms with van der Waals surface area (Å²) in [7, 11) is 4.06. The molecule has 1 aromatic heterocycles. The topological polar surface area (TPSA) is 51.4 Å². The molecule has 29 heavy (non-hydrogen) atoms. The first kappa shape index (κ1) is 21.0. The van der Waals surface area contributed by atoms with Gasteiger partial charge in [-0.2, -0.15) is 0 Å². The number of rotatable bonds is 7. The van der Waals surface area contributed by atoms with Gasteiger partial charge in [-0.25, -0.2) is 0 Å². The fourth-order valence-corrected chi connectivity index (χ4v) is 3.37. The molecule has 5 nitrogen and oxygen atoms in total. The molecule has 6 heteroatoms. The second-order valence-corrected chi connectivity index (χ2v) is 7.97. The van der Waals surface area contributed by atoms with E-state index in [9.17, 15) is 4.79 Å². The van der Waals surface area contributed by atoms with E-state index in [1.807, 2.05) is 57.4 Å². The Balaban J connectivity index is 1.78. The molecule has 0 aliphatic heterocycles. The SMILES string of the molecule is Cc1ccc2cc(CN(CCN(C)C)C(=S)NCc3ccccc3)c(=O)[nH]c2c1. The van der Waals surface area contributed by atoms with Crippen LogP contribution < -0.4 is 10.9 Å². The number of fused-ring (bicyclic) bond motifs is 1. The lowest BCUT2D eigenvalue weighted by molar-refractivity contribution is 0.322.